The molecule has 1 aliphatic rings. The molecule has 0 saturated heterocycles. The lowest BCUT2D eigenvalue weighted by molar-refractivity contribution is -0.151. The van der Waals surface area contributed by atoms with Crippen LogP contribution in [0.25, 0.3) is 5.69 Å². The van der Waals surface area contributed by atoms with E-state index in [0.717, 1.165) is 17.4 Å². The maximum atomic E-state index is 12.7. The number of esters is 2. The van der Waals surface area contributed by atoms with E-state index in [1.807, 2.05) is 0 Å². The van der Waals surface area contributed by atoms with Crippen LogP contribution in [-0.2, 0) is 27.4 Å². The summed E-state index contributed by atoms with van der Waals surface area (Å²) in [5, 5.41) is 0.0465. The van der Waals surface area contributed by atoms with Crippen molar-refractivity contribution in [3.8, 4) is 5.69 Å². The normalized spacial score (nSPS) is 14.0. The van der Waals surface area contributed by atoms with Crippen molar-refractivity contribution in [3.05, 3.63) is 61.9 Å². The molecule has 0 amide bonds. The summed E-state index contributed by atoms with van der Waals surface area (Å²) in [6.07, 6.45) is 0.308. The van der Waals surface area contributed by atoms with E-state index >= 15 is 0 Å². The predicted molar refractivity (Wildman–Crippen MR) is 109 cm³/mol. The number of carbonyl (C=O) groups is 2. The monoisotopic (exact) mass is 435 g/mol. The van der Waals surface area contributed by atoms with Gasteiger partial charge in [-0.1, -0.05) is 18.2 Å². The van der Waals surface area contributed by atoms with Gasteiger partial charge in [0.05, 0.1) is 22.9 Å². The zero-order valence-electron chi connectivity index (χ0n) is 16.7. The second kappa shape index (κ2) is 8.74. The Morgan fingerprint density at radius 2 is 1.77 bits per heavy atom. The minimum absolute atomic E-state index is 0.0465. The van der Waals surface area contributed by atoms with E-state index in [-0.39, 0.29) is 28.5 Å². The number of aromatic nitrogens is 3. The molecule has 0 saturated carbocycles. The van der Waals surface area contributed by atoms with E-state index in [9.17, 15) is 19.2 Å². The predicted octanol–water partition coefficient (Wildman–Crippen LogP) is 1.91. The Hall–Kier alpha value is -3.07. The van der Waals surface area contributed by atoms with E-state index in [4.69, 9.17) is 21.1 Å². The van der Waals surface area contributed by atoms with E-state index < -0.39 is 29.4 Å². The van der Waals surface area contributed by atoms with Gasteiger partial charge < -0.3 is 9.47 Å². The molecule has 0 fully saturated rings. The number of rotatable bonds is 6. The minimum atomic E-state index is -1.30. The van der Waals surface area contributed by atoms with Crippen molar-refractivity contribution in [2.75, 3.05) is 6.61 Å². The SMILES string of the molecule is C=C(C)C(OC(=O)c1cc(-n2c(=O)n3n(c2=O)CCCC3)ccc1Cl)C(=O)OCC. The van der Waals surface area contributed by atoms with Crippen LogP contribution in [0.5, 0.6) is 0 Å². The third-order valence-electron chi connectivity index (χ3n) is 4.71. The third kappa shape index (κ3) is 3.97. The highest BCUT2D eigenvalue weighted by atomic mass is 35.5. The lowest BCUT2D eigenvalue weighted by atomic mass is 10.1. The van der Waals surface area contributed by atoms with Gasteiger partial charge in [-0.2, -0.15) is 0 Å². The van der Waals surface area contributed by atoms with Gasteiger partial charge in [0.15, 0.2) is 0 Å². The molecule has 0 bridgehead atoms. The fourth-order valence-corrected chi connectivity index (χ4v) is 3.44. The van der Waals surface area contributed by atoms with Gasteiger partial charge in [-0.05, 0) is 50.5 Å². The average Bonchev–Trinajstić information content (AvgIpc) is 2.97. The van der Waals surface area contributed by atoms with Crippen LogP contribution in [0.3, 0.4) is 0 Å². The van der Waals surface area contributed by atoms with Gasteiger partial charge >= 0.3 is 23.3 Å². The van der Waals surface area contributed by atoms with Crippen LogP contribution in [0.1, 0.15) is 37.0 Å². The highest BCUT2D eigenvalue weighted by molar-refractivity contribution is 6.33. The number of carbonyl (C=O) groups excluding carboxylic acids is 2. The fourth-order valence-electron chi connectivity index (χ4n) is 3.24. The molecule has 1 aromatic carbocycles. The first-order valence-corrected chi connectivity index (χ1v) is 9.89. The van der Waals surface area contributed by atoms with Gasteiger partial charge in [0, 0.05) is 13.1 Å². The minimum Gasteiger partial charge on any atom is -0.463 e. The van der Waals surface area contributed by atoms with Crippen LogP contribution in [0.15, 0.2) is 39.9 Å². The van der Waals surface area contributed by atoms with Crippen LogP contribution in [0, 0.1) is 0 Å². The van der Waals surface area contributed by atoms with E-state index in [1.165, 1.54) is 34.5 Å². The van der Waals surface area contributed by atoms with Gasteiger partial charge in [0.1, 0.15) is 0 Å². The summed E-state index contributed by atoms with van der Waals surface area (Å²) in [4.78, 5) is 50.2. The lowest BCUT2D eigenvalue weighted by Crippen LogP contribution is -2.30. The molecule has 3 rings (SSSR count). The first-order valence-electron chi connectivity index (χ1n) is 9.51. The number of ether oxygens (including phenoxy) is 2. The molecule has 1 aliphatic heterocycles. The smallest absolute Gasteiger partial charge is 0.351 e. The molecule has 2 heterocycles. The van der Waals surface area contributed by atoms with Crippen LogP contribution in [0.2, 0.25) is 5.02 Å². The summed E-state index contributed by atoms with van der Waals surface area (Å²) >= 11 is 6.15. The molecule has 9 nitrogen and oxygen atoms in total. The maximum Gasteiger partial charge on any atom is 0.351 e. The summed E-state index contributed by atoms with van der Waals surface area (Å²) < 4.78 is 13.9. The Morgan fingerprint density at radius 1 is 1.17 bits per heavy atom. The van der Waals surface area contributed by atoms with Crippen molar-refractivity contribution < 1.29 is 19.1 Å². The first kappa shape index (κ1) is 21.6. The Morgan fingerprint density at radius 3 is 2.30 bits per heavy atom. The molecule has 10 heteroatoms. The van der Waals surface area contributed by atoms with Gasteiger partial charge in [-0.25, -0.2) is 33.1 Å². The molecule has 0 radical (unpaired) electrons. The van der Waals surface area contributed by atoms with E-state index in [2.05, 4.69) is 6.58 Å². The van der Waals surface area contributed by atoms with Crippen molar-refractivity contribution in [2.45, 2.75) is 45.9 Å². The molecular weight excluding hydrogens is 414 g/mol. The number of hydrogen-bond donors (Lipinski definition) is 0. The molecule has 30 heavy (non-hydrogen) atoms. The Labute approximate surface area is 177 Å². The van der Waals surface area contributed by atoms with Crippen LogP contribution >= 0.6 is 11.6 Å². The van der Waals surface area contributed by atoms with Gasteiger partial charge in [-0.15, -0.1) is 0 Å². The molecule has 1 atom stereocenters. The zero-order valence-corrected chi connectivity index (χ0v) is 17.5. The maximum absolute atomic E-state index is 12.7. The highest BCUT2D eigenvalue weighted by Crippen LogP contribution is 2.22. The topological polar surface area (TPSA) is 102 Å². The zero-order chi connectivity index (χ0) is 22.0. The largest absolute Gasteiger partial charge is 0.463 e. The van der Waals surface area contributed by atoms with Crippen molar-refractivity contribution in [1.82, 2.24) is 13.9 Å². The standard InChI is InChI=1S/C20H22ClN3O6/c1-4-29-18(26)16(12(2)3)30-17(25)14-11-13(7-8-15(14)21)24-19(27)22-9-5-6-10-23(22)20(24)28/h7-8,11,16H,2,4-6,9-10H2,1,3H3. The summed E-state index contributed by atoms with van der Waals surface area (Å²) in [7, 11) is 0. The number of benzene rings is 1. The lowest BCUT2D eigenvalue weighted by Gasteiger charge is -2.17. The van der Waals surface area contributed by atoms with Gasteiger partial charge in [0.25, 0.3) is 0 Å². The van der Waals surface area contributed by atoms with Crippen molar-refractivity contribution in [3.63, 3.8) is 0 Å². The highest BCUT2D eigenvalue weighted by Gasteiger charge is 2.27. The van der Waals surface area contributed by atoms with Gasteiger partial charge in [-0.3, -0.25) is 0 Å². The van der Waals surface area contributed by atoms with Crippen LogP contribution in [0.4, 0.5) is 0 Å². The Kier molecular flexibility index (Phi) is 6.31. The van der Waals surface area contributed by atoms with Crippen molar-refractivity contribution in [1.29, 1.82) is 0 Å². The summed E-state index contributed by atoms with van der Waals surface area (Å²) in [6.45, 7) is 7.81. The Balaban J connectivity index is 1.99. The second-order valence-electron chi connectivity index (χ2n) is 6.90. The third-order valence-corrected chi connectivity index (χ3v) is 5.04. The molecule has 0 aliphatic carbocycles. The molecule has 0 N–H and O–H groups in total. The number of halogens is 1. The average molecular weight is 436 g/mol. The van der Waals surface area contributed by atoms with Gasteiger partial charge in [0.2, 0.25) is 6.10 Å². The number of hydrogen-bond acceptors (Lipinski definition) is 6. The molecule has 1 aromatic heterocycles. The quantitative estimate of drug-likeness (QED) is 0.507. The van der Waals surface area contributed by atoms with Crippen molar-refractivity contribution >= 4 is 23.5 Å². The fraction of sp³-hybridized carbons (Fsp3) is 0.400. The van der Waals surface area contributed by atoms with Crippen LogP contribution < -0.4 is 11.4 Å². The molecule has 1 unspecified atom stereocenters. The number of fused-ring (bicyclic) bond motifs is 1. The summed E-state index contributed by atoms with van der Waals surface area (Å²) in [5.41, 5.74) is -0.618. The first-order chi connectivity index (χ1) is 14.3. The summed E-state index contributed by atoms with van der Waals surface area (Å²) in [6, 6.07) is 4.15. The van der Waals surface area contributed by atoms with Crippen LogP contribution in [-0.4, -0.2) is 38.6 Å². The second-order valence-corrected chi connectivity index (χ2v) is 7.31. The summed E-state index contributed by atoms with van der Waals surface area (Å²) in [5.74, 6) is -1.65. The molecule has 160 valence electrons. The van der Waals surface area contributed by atoms with Crippen molar-refractivity contribution in [2.24, 2.45) is 0 Å². The van der Waals surface area contributed by atoms with E-state index in [0.29, 0.717) is 13.1 Å². The molecule has 2 aromatic rings. The number of nitrogens with zero attached hydrogens (tertiary/aromatic N) is 3. The van der Waals surface area contributed by atoms with E-state index in [1.54, 1.807) is 6.92 Å². The Bertz CT molecular complexity index is 1090. The molecule has 0 spiro atoms. The molecular formula is C20H22ClN3O6.